The number of aliphatic hydroxyl groups is 2. The Bertz CT molecular complexity index is 480. The summed E-state index contributed by atoms with van der Waals surface area (Å²) in [5.41, 5.74) is -0.582. The normalized spacial score (nSPS) is 12.5. The van der Waals surface area contributed by atoms with Crippen molar-refractivity contribution < 1.29 is 18.6 Å². The number of nitrogens with one attached hydrogen (secondary N) is 1. The van der Waals surface area contributed by atoms with Gasteiger partial charge in [-0.15, -0.1) is 0 Å². The molecule has 1 rings (SSSR count). The lowest BCUT2D eigenvalue weighted by atomic mass is 10.1. The average molecular weight is 259 g/mol. The molecule has 0 aliphatic carbocycles. The maximum Gasteiger partial charge on any atom is 0.177 e. The van der Waals surface area contributed by atoms with Gasteiger partial charge in [0.05, 0.1) is 29.3 Å². The van der Waals surface area contributed by atoms with Gasteiger partial charge >= 0.3 is 0 Å². The molecule has 0 unspecified atom stereocenters. The minimum atomic E-state index is -3.35. The van der Waals surface area contributed by atoms with E-state index >= 15 is 0 Å². The molecule has 0 heterocycles. The number of benzene rings is 1. The summed E-state index contributed by atoms with van der Waals surface area (Å²) in [6.45, 7) is 0.995. The SMILES string of the molecule is CC(CO)(CO)Nc1ccccc1S(C)(=O)=O. The summed E-state index contributed by atoms with van der Waals surface area (Å²) >= 11 is 0. The van der Waals surface area contributed by atoms with Crippen LogP contribution < -0.4 is 5.32 Å². The largest absolute Gasteiger partial charge is 0.394 e. The highest BCUT2D eigenvalue weighted by atomic mass is 32.2. The lowest BCUT2D eigenvalue weighted by molar-refractivity contribution is 0.147. The molecule has 96 valence electrons. The van der Waals surface area contributed by atoms with Crippen molar-refractivity contribution in [1.82, 2.24) is 0 Å². The van der Waals surface area contributed by atoms with Gasteiger partial charge in [0.2, 0.25) is 0 Å². The van der Waals surface area contributed by atoms with Crippen molar-refractivity contribution >= 4 is 15.5 Å². The highest BCUT2D eigenvalue weighted by Crippen LogP contribution is 2.23. The fraction of sp³-hybridized carbons (Fsp3) is 0.455. The van der Waals surface area contributed by atoms with E-state index in [0.717, 1.165) is 6.26 Å². The Morgan fingerprint density at radius 2 is 1.76 bits per heavy atom. The van der Waals surface area contributed by atoms with E-state index in [9.17, 15) is 8.42 Å². The summed E-state index contributed by atoms with van der Waals surface area (Å²) < 4.78 is 23.1. The minimum Gasteiger partial charge on any atom is -0.394 e. The molecule has 1 aromatic carbocycles. The molecule has 1 aromatic rings. The van der Waals surface area contributed by atoms with Crippen LogP contribution in [0.15, 0.2) is 29.2 Å². The van der Waals surface area contributed by atoms with Crippen LogP contribution in [0.4, 0.5) is 5.69 Å². The fourth-order valence-electron chi connectivity index (χ4n) is 1.35. The van der Waals surface area contributed by atoms with E-state index in [2.05, 4.69) is 5.32 Å². The molecule has 5 nitrogen and oxygen atoms in total. The van der Waals surface area contributed by atoms with Crippen LogP contribution in [0.1, 0.15) is 6.92 Å². The second kappa shape index (κ2) is 5.03. The molecule has 0 amide bonds. The topological polar surface area (TPSA) is 86.6 Å². The molecule has 0 saturated carbocycles. The van der Waals surface area contributed by atoms with E-state index in [1.54, 1.807) is 25.1 Å². The van der Waals surface area contributed by atoms with Crippen LogP contribution in [0.5, 0.6) is 0 Å². The Morgan fingerprint density at radius 3 is 2.24 bits per heavy atom. The lowest BCUT2D eigenvalue weighted by Gasteiger charge is -2.28. The van der Waals surface area contributed by atoms with E-state index in [4.69, 9.17) is 10.2 Å². The van der Waals surface area contributed by atoms with E-state index in [0.29, 0.717) is 5.69 Å². The zero-order chi connectivity index (χ0) is 13.1. The monoisotopic (exact) mass is 259 g/mol. The Morgan fingerprint density at radius 1 is 1.24 bits per heavy atom. The maximum absolute atomic E-state index is 11.6. The van der Waals surface area contributed by atoms with E-state index in [1.807, 2.05) is 0 Å². The number of hydrogen-bond donors (Lipinski definition) is 3. The molecule has 0 fully saturated rings. The summed E-state index contributed by atoms with van der Waals surface area (Å²) in [5, 5.41) is 21.2. The first-order chi connectivity index (χ1) is 7.82. The first-order valence-electron chi connectivity index (χ1n) is 5.11. The second-order valence-electron chi connectivity index (χ2n) is 4.27. The van der Waals surface area contributed by atoms with Gasteiger partial charge in [-0.2, -0.15) is 0 Å². The number of sulfone groups is 1. The van der Waals surface area contributed by atoms with Gasteiger partial charge < -0.3 is 15.5 Å². The van der Waals surface area contributed by atoms with Crippen molar-refractivity contribution in [2.75, 3.05) is 24.8 Å². The molecule has 0 aliphatic rings. The molecule has 0 atom stereocenters. The zero-order valence-electron chi connectivity index (χ0n) is 9.84. The summed E-state index contributed by atoms with van der Waals surface area (Å²) in [5.74, 6) is 0. The van der Waals surface area contributed by atoms with Gasteiger partial charge in [-0.1, -0.05) is 12.1 Å². The van der Waals surface area contributed by atoms with Crippen molar-refractivity contribution in [3.8, 4) is 0 Å². The van der Waals surface area contributed by atoms with Gasteiger partial charge in [0.1, 0.15) is 0 Å². The fourth-order valence-corrected chi connectivity index (χ4v) is 2.19. The van der Waals surface area contributed by atoms with Crippen molar-refractivity contribution in [3.05, 3.63) is 24.3 Å². The molecule has 0 bridgehead atoms. The first-order valence-corrected chi connectivity index (χ1v) is 7.00. The van der Waals surface area contributed by atoms with Gasteiger partial charge in [-0.3, -0.25) is 0 Å². The molecular weight excluding hydrogens is 242 g/mol. The Balaban J connectivity index is 3.16. The third-order valence-electron chi connectivity index (χ3n) is 2.42. The predicted molar refractivity (Wildman–Crippen MR) is 65.8 cm³/mol. The Kier molecular flexibility index (Phi) is 4.13. The number of para-hydroxylation sites is 1. The summed E-state index contributed by atoms with van der Waals surface area (Å²) in [4.78, 5) is 0.146. The number of aliphatic hydroxyl groups excluding tert-OH is 2. The van der Waals surface area contributed by atoms with Crippen LogP contribution in [0, 0.1) is 0 Å². The highest BCUT2D eigenvalue weighted by molar-refractivity contribution is 7.90. The summed E-state index contributed by atoms with van der Waals surface area (Å²) in [6, 6.07) is 6.38. The van der Waals surface area contributed by atoms with Crippen LogP contribution in [0.2, 0.25) is 0 Å². The van der Waals surface area contributed by atoms with Crippen LogP contribution in [0.3, 0.4) is 0 Å². The quantitative estimate of drug-likeness (QED) is 0.705. The van der Waals surface area contributed by atoms with Crippen molar-refractivity contribution in [1.29, 1.82) is 0 Å². The first kappa shape index (κ1) is 14.0. The van der Waals surface area contributed by atoms with Gasteiger partial charge in [0, 0.05) is 6.26 Å². The number of anilines is 1. The zero-order valence-corrected chi connectivity index (χ0v) is 10.7. The van der Waals surface area contributed by atoms with Gasteiger partial charge in [-0.25, -0.2) is 8.42 Å². The van der Waals surface area contributed by atoms with E-state index in [1.165, 1.54) is 6.07 Å². The maximum atomic E-state index is 11.6. The molecular formula is C11H17NO4S. The van der Waals surface area contributed by atoms with Gasteiger partial charge in [0.15, 0.2) is 9.84 Å². The number of rotatable bonds is 5. The number of hydrogen-bond acceptors (Lipinski definition) is 5. The average Bonchev–Trinajstić information content (AvgIpc) is 2.28. The molecule has 17 heavy (non-hydrogen) atoms. The molecule has 6 heteroatoms. The van der Waals surface area contributed by atoms with E-state index < -0.39 is 15.4 Å². The molecule has 3 N–H and O–H groups in total. The van der Waals surface area contributed by atoms with Crippen LogP contribution in [0.25, 0.3) is 0 Å². The van der Waals surface area contributed by atoms with Gasteiger partial charge in [-0.05, 0) is 19.1 Å². The molecule has 0 aliphatic heterocycles. The molecule has 0 radical (unpaired) electrons. The molecule has 0 spiro atoms. The van der Waals surface area contributed by atoms with Crippen LogP contribution in [-0.2, 0) is 9.84 Å². The Hall–Kier alpha value is -1.11. The van der Waals surface area contributed by atoms with Crippen LogP contribution in [-0.4, -0.2) is 43.6 Å². The van der Waals surface area contributed by atoms with Crippen molar-refractivity contribution in [2.24, 2.45) is 0 Å². The molecule has 0 saturated heterocycles. The third-order valence-corrected chi connectivity index (χ3v) is 3.58. The smallest absolute Gasteiger partial charge is 0.177 e. The van der Waals surface area contributed by atoms with Gasteiger partial charge in [0.25, 0.3) is 0 Å². The predicted octanol–water partition coefficient (Wildman–Crippen LogP) is 0.245. The molecule has 0 aromatic heterocycles. The van der Waals surface area contributed by atoms with Crippen LogP contribution >= 0.6 is 0 Å². The van der Waals surface area contributed by atoms with E-state index in [-0.39, 0.29) is 18.1 Å². The second-order valence-corrected chi connectivity index (χ2v) is 6.25. The Labute approximate surface area is 101 Å². The summed E-state index contributed by atoms with van der Waals surface area (Å²) in [7, 11) is -3.35. The third kappa shape index (κ3) is 3.42. The van der Waals surface area contributed by atoms with Crippen molar-refractivity contribution in [3.63, 3.8) is 0 Å². The standard InChI is InChI=1S/C11H17NO4S/c1-11(7-13,8-14)12-9-5-3-4-6-10(9)17(2,15)16/h3-6,12-14H,7-8H2,1-2H3. The minimum absolute atomic E-state index is 0.146. The summed E-state index contributed by atoms with van der Waals surface area (Å²) in [6.07, 6.45) is 1.11. The highest BCUT2D eigenvalue weighted by Gasteiger charge is 2.24. The van der Waals surface area contributed by atoms with Crippen molar-refractivity contribution in [2.45, 2.75) is 17.4 Å². The lowest BCUT2D eigenvalue weighted by Crippen LogP contribution is -2.42.